The van der Waals surface area contributed by atoms with E-state index >= 15 is 0 Å². The fraction of sp³-hybridized carbons (Fsp3) is 0.368. The summed E-state index contributed by atoms with van der Waals surface area (Å²) in [6.45, 7) is 5.47. The van der Waals surface area contributed by atoms with Gasteiger partial charge >= 0.3 is 0 Å². The molecule has 3 aromatic heterocycles. The van der Waals surface area contributed by atoms with Crippen molar-refractivity contribution in [1.29, 1.82) is 0 Å². The molecule has 0 aromatic carbocycles. The van der Waals surface area contributed by atoms with Crippen molar-refractivity contribution >= 4 is 0 Å². The molecule has 0 aliphatic carbocycles. The van der Waals surface area contributed by atoms with Gasteiger partial charge in [0.1, 0.15) is 6.10 Å². The van der Waals surface area contributed by atoms with Crippen molar-refractivity contribution in [3.05, 3.63) is 65.9 Å². The molecule has 0 bridgehead atoms. The Labute approximate surface area is 147 Å². The average molecular weight is 337 g/mol. The van der Waals surface area contributed by atoms with Crippen molar-refractivity contribution in [3.63, 3.8) is 0 Å². The normalized spacial score (nSPS) is 17.9. The van der Waals surface area contributed by atoms with E-state index in [1.54, 1.807) is 6.20 Å². The summed E-state index contributed by atoms with van der Waals surface area (Å²) in [5.41, 5.74) is 3.58. The smallest absolute Gasteiger partial charge is 0.213 e. The number of aryl methyl sites for hydroxylation is 2. The molecule has 130 valence electrons. The molecular formula is C19H23N5O. The zero-order chi connectivity index (χ0) is 17.2. The quantitative estimate of drug-likeness (QED) is 0.733. The van der Waals surface area contributed by atoms with Gasteiger partial charge < -0.3 is 9.30 Å². The second-order valence-electron chi connectivity index (χ2n) is 6.63. The largest absolute Gasteiger partial charge is 0.471 e. The Hall–Kier alpha value is -2.60. The third-order valence-electron chi connectivity index (χ3n) is 4.58. The predicted molar refractivity (Wildman–Crippen MR) is 95.1 cm³/mol. The number of pyridine rings is 1. The van der Waals surface area contributed by atoms with Crippen molar-refractivity contribution in [2.45, 2.75) is 32.7 Å². The first-order valence-corrected chi connectivity index (χ1v) is 8.61. The van der Waals surface area contributed by atoms with Gasteiger partial charge in [0, 0.05) is 50.8 Å². The van der Waals surface area contributed by atoms with E-state index in [1.807, 2.05) is 36.9 Å². The van der Waals surface area contributed by atoms with Crippen LogP contribution in [0.5, 0.6) is 5.88 Å². The van der Waals surface area contributed by atoms with Gasteiger partial charge in [0.2, 0.25) is 5.88 Å². The van der Waals surface area contributed by atoms with Gasteiger partial charge in [-0.1, -0.05) is 6.07 Å². The molecule has 1 atom stereocenters. The highest BCUT2D eigenvalue weighted by Crippen LogP contribution is 2.19. The third-order valence-corrected chi connectivity index (χ3v) is 4.58. The molecule has 0 spiro atoms. The molecule has 3 aromatic rings. The molecule has 0 radical (unpaired) electrons. The van der Waals surface area contributed by atoms with Crippen molar-refractivity contribution in [2.75, 3.05) is 6.54 Å². The van der Waals surface area contributed by atoms with Crippen LogP contribution in [0.4, 0.5) is 0 Å². The SMILES string of the molecule is Cc1cc(CN2Cc3cccn3C[C@@H](Oc3ccccn3)C2)n(C)n1. The Morgan fingerprint density at radius 1 is 1.20 bits per heavy atom. The van der Waals surface area contributed by atoms with Gasteiger partial charge in [-0.3, -0.25) is 9.58 Å². The first-order valence-electron chi connectivity index (χ1n) is 8.61. The number of rotatable bonds is 4. The van der Waals surface area contributed by atoms with Crippen LogP contribution in [0.25, 0.3) is 0 Å². The molecule has 0 unspecified atom stereocenters. The highest BCUT2D eigenvalue weighted by Gasteiger charge is 2.24. The molecule has 4 heterocycles. The summed E-state index contributed by atoms with van der Waals surface area (Å²) in [5, 5.41) is 4.46. The fourth-order valence-corrected chi connectivity index (χ4v) is 3.45. The number of fused-ring (bicyclic) bond motifs is 1. The lowest BCUT2D eigenvalue weighted by atomic mass is 10.3. The van der Waals surface area contributed by atoms with Gasteiger partial charge in [0.05, 0.1) is 17.9 Å². The second-order valence-corrected chi connectivity index (χ2v) is 6.63. The Morgan fingerprint density at radius 3 is 2.88 bits per heavy atom. The van der Waals surface area contributed by atoms with E-state index in [1.165, 1.54) is 11.4 Å². The van der Waals surface area contributed by atoms with Gasteiger partial charge in [0.25, 0.3) is 0 Å². The van der Waals surface area contributed by atoms with E-state index in [0.717, 1.165) is 31.9 Å². The fourth-order valence-electron chi connectivity index (χ4n) is 3.45. The number of ether oxygens (including phenoxy) is 1. The van der Waals surface area contributed by atoms with E-state index in [2.05, 4.69) is 43.9 Å². The predicted octanol–water partition coefficient (Wildman–Crippen LogP) is 2.39. The minimum atomic E-state index is 0.0536. The highest BCUT2D eigenvalue weighted by atomic mass is 16.5. The topological polar surface area (TPSA) is 48.1 Å². The Kier molecular flexibility index (Phi) is 4.28. The summed E-state index contributed by atoms with van der Waals surface area (Å²) in [6.07, 6.45) is 3.95. The lowest BCUT2D eigenvalue weighted by Gasteiger charge is -2.24. The summed E-state index contributed by atoms with van der Waals surface area (Å²) in [6, 6.07) is 12.2. The number of hydrogen-bond donors (Lipinski definition) is 0. The molecule has 0 saturated heterocycles. The van der Waals surface area contributed by atoms with Crippen LogP contribution in [0.1, 0.15) is 17.1 Å². The Bertz CT molecular complexity index is 839. The van der Waals surface area contributed by atoms with Crippen LogP contribution >= 0.6 is 0 Å². The van der Waals surface area contributed by atoms with E-state index in [9.17, 15) is 0 Å². The van der Waals surface area contributed by atoms with E-state index < -0.39 is 0 Å². The first-order chi connectivity index (χ1) is 12.2. The molecule has 0 N–H and O–H groups in total. The summed E-state index contributed by atoms with van der Waals surface area (Å²) >= 11 is 0. The number of hydrogen-bond acceptors (Lipinski definition) is 4. The van der Waals surface area contributed by atoms with Crippen molar-refractivity contribution < 1.29 is 4.74 Å². The van der Waals surface area contributed by atoms with E-state index in [-0.39, 0.29) is 6.10 Å². The van der Waals surface area contributed by atoms with Crippen LogP contribution in [-0.4, -0.2) is 36.9 Å². The highest BCUT2D eigenvalue weighted by molar-refractivity contribution is 5.13. The average Bonchev–Trinajstić information content (AvgIpc) is 3.10. The molecule has 6 heteroatoms. The van der Waals surface area contributed by atoms with Gasteiger partial charge in [0.15, 0.2) is 0 Å². The lowest BCUT2D eigenvalue weighted by Crippen LogP contribution is -2.35. The van der Waals surface area contributed by atoms with Gasteiger partial charge in [-0.2, -0.15) is 5.10 Å². The van der Waals surface area contributed by atoms with Crippen LogP contribution < -0.4 is 4.74 Å². The van der Waals surface area contributed by atoms with Crippen LogP contribution in [0.3, 0.4) is 0 Å². The standard InChI is InChI=1S/C19H23N5O/c1-15-10-17(22(2)21-15)12-23-11-16-6-5-9-24(16)14-18(13-23)25-19-7-3-4-8-20-19/h3-10,18H,11-14H2,1-2H3/t18-/m0/s1. The number of aromatic nitrogens is 4. The molecule has 4 rings (SSSR count). The molecular weight excluding hydrogens is 314 g/mol. The zero-order valence-corrected chi connectivity index (χ0v) is 14.7. The molecule has 1 aliphatic heterocycles. The summed E-state index contributed by atoms with van der Waals surface area (Å²) < 4.78 is 10.4. The molecule has 0 amide bonds. The maximum Gasteiger partial charge on any atom is 0.213 e. The minimum absolute atomic E-state index is 0.0536. The molecule has 25 heavy (non-hydrogen) atoms. The van der Waals surface area contributed by atoms with Gasteiger partial charge in [-0.25, -0.2) is 4.98 Å². The lowest BCUT2D eigenvalue weighted by molar-refractivity contribution is 0.118. The number of nitrogens with zero attached hydrogens (tertiary/aromatic N) is 5. The molecule has 1 aliphatic rings. The van der Waals surface area contributed by atoms with Crippen LogP contribution in [0.2, 0.25) is 0 Å². The maximum absolute atomic E-state index is 6.17. The zero-order valence-electron chi connectivity index (χ0n) is 14.7. The van der Waals surface area contributed by atoms with Crippen LogP contribution in [0, 0.1) is 6.92 Å². The van der Waals surface area contributed by atoms with Gasteiger partial charge in [-0.15, -0.1) is 0 Å². The van der Waals surface area contributed by atoms with Crippen LogP contribution in [-0.2, 0) is 26.7 Å². The third kappa shape index (κ3) is 3.58. The van der Waals surface area contributed by atoms with E-state index in [4.69, 9.17) is 4.74 Å². The second kappa shape index (κ2) is 6.72. The van der Waals surface area contributed by atoms with Gasteiger partial charge in [-0.05, 0) is 31.2 Å². The summed E-state index contributed by atoms with van der Waals surface area (Å²) in [4.78, 5) is 6.73. The molecule has 0 saturated carbocycles. The summed E-state index contributed by atoms with van der Waals surface area (Å²) in [5.74, 6) is 0.680. The monoisotopic (exact) mass is 337 g/mol. The molecule has 0 fully saturated rings. The van der Waals surface area contributed by atoms with Crippen molar-refractivity contribution in [3.8, 4) is 5.88 Å². The minimum Gasteiger partial charge on any atom is -0.471 e. The molecule has 6 nitrogen and oxygen atoms in total. The Morgan fingerprint density at radius 2 is 2.12 bits per heavy atom. The maximum atomic E-state index is 6.17. The Balaban J connectivity index is 1.55. The summed E-state index contributed by atoms with van der Waals surface area (Å²) in [7, 11) is 2.00. The van der Waals surface area contributed by atoms with Crippen molar-refractivity contribution in [2.24, 2.45) is 7.05 Å². The van der Waals surface area contributed by atoms with Crippen LogP contribution in [0.15, 0.2) is 48.8 Å². The van der Waals surface area contributed by atoms with E-state index in [0.29, 0.717) is 5.88 Å². The first kappa shape index (κ1) is 15.9. The van der Waals surface area contributed by atoms with Crippen molar-refractivity contribution in [1.82, 2.24) is 24.2 Å².